The number of carbonyl (C=O) groups is 1. The van der Waals surface area contributed by atoms with E-state index in [0.29, 0.717) is 5.69 Å². The first-order valence-corrected chi connectivity index (χ1v) is 5.89. The largest absolute Gasteiger partial charge is 0.494 e. The number of aromatic nitrogens is 1. The standard InChI is InChI=1S/C13H10ClFN2O3/c1-20-10-4-2-7(6-9(10)15)16-12-8(13(18)19)3-5-11(14)17-12/h2-6H,1H3,(H,16,17)(H,18,19). The lowest BCUT2D eigenvalue weighted by Gasteiger charge is -2.10. The van der Waals surface area contributed by atoms with Crippen molar-refractivity contribution in [3.63, 3.8) is 0 Å². The molecular formula is C13H10ClFN2O3. The van der Waals surface area contributed by atoms with E-state index >= 15 is 0 Å². The monoisotopic (exact) mass is 296 g/mol. The number of aromatic carboxylic acids is 1. The van der Waals surface area contributed by atoms with Gasteiger partial charge in [0.25, 0.3) is 0 Å². The van der Waals surface area contributed by atoms with Crippen LogP contribution in [-0.2, 0) is 0 Å². The molecule has 0 radical (unpaired) electrons. The fourth-order valence-corrected chi connectivity index (χ4v) is 1.73. The van der Waals surface area contributed by atoms with Crippen LogP contribution in [0.1, 0.15) is 10.4 Å². The van der Waals surface area contributed by atoms with Crippen molar-refractivity contribution in [1.82, 2.24) is 4.98 Å². The summed E-state index contributed by atoms with van der Waals surface area (Å²) < 4.78 is 18.4. The first-order chi connectivity index (χ1) is 9.51. The minimum atomic E-state index is -1.16. The van der Waals surface area contributed by atoms with Crippen molar-refractivity contribution in [3.05, 3.63) is 46.9 Å². The quantitative estimate of drug-likeness (QED) is 0.847. The molecule has 20 heavy (non-hydrogen) atoms. The van der Waals surface area contributed by atoms with Gasteiger partial charge in [-0.3, -0.25) is 0 Å². The van der Waals surface area contributed by atoms with E-state index in [4.69, 9.17) is 21.4 Å². The summed E-state index contributed by atoms with van der Waals surface area (Å²) in [5.41, 5.74) is 0.270. The van der Waals surface area contributed by atoms with Crippen LogP contribution in [0.15, 0.2) is 30.3 Å². The topological polar surface area (TPSA) is 71.5 Å². The fraction of sp³-hybridized carbons (Fsp3) is 0.0769. The lowest BCUT2D eigenvalue weighted by molar-refractivity contribution is 0.0697. The first kappa shape index (κ1) is 14.1. The second-order valence-corrected chi connectivity index (χ2v) is 4.20. The number of methoxy groups -OCH3 is 1. The molecule has 1 aromatic carbocycles. The average molecular weight is 297 g/mol. The van der Waals surface area contributed by atoms with Crippen molar-refractivity contribution in [2.45, 2.75) is 0 Å². The predicted molar refractivity (Wildman–Crippen MR) is 72.4 cm³/mol. The highest BCUT2D eigenvalue weighted by molar-refractivity contribution is 6.29. The second kappa shape index (κ2) is 5.75. The molecule has 5 nitrogen and oxygen atoms in total. The lowest BCUT2D eigenvalue weighted by Crippen LogP contribution is -2.05. The molecule has 0 spiro atoms. The fourth-order valence-electron chi connectivity index (χ4n) is 1.58. The van der Waals surface area contributed by atoms with Gasteiger partial charge >= 0.3 is 5.97 Å². The molecule has 7 heteroatoms. The molecule has 1 aromatic heterocycles. The molecule has 0 fully saturated rings. The number of carboxylic acid groups (broad SMARTS) is 1. The SMILES string of the molecule is COc1ccc(Nc2nc(Cl)ccc2C(=O)O)cc1F. The average Bonchev–Trinajstić information content (AvgIpc) is 2.38. The van der Waals surface area contributed by atoms with E-state index in [-0.39, 0.29) is 22.3 Å². The van der Waals surface area contributed by atoms with Gasteiger partial charge in [-0.05, 0) is 24.3 Å². The van der Waals surface area contributed by atoms with Crippen molar-refractivity contribution in [1.29, 1.82) is 0 Å². The number of nitrogens with one attached hydrogen (secondary N) is 1. The second-order valence-electron chi connectivity index (χ2n) is 3.81. The summed E-state index contributed by atoms with van der Waals surface area (Å²) in [5.74, 6) is -1.61. The van der Waals surface area contributed by atoms with Crippen LogP contribution in [0.2, 0.25) is 5.15 Å². The zero-order valence-corrected chi connectivity index (χ0v) is 11.1. The molecule has 2 aromatic rings. The number of benzene rings is 1. The molecule has 0 aliphatic carbocycles. The van der Waals surface area contributed by atoms with Crippen LogP contribution in [-0.4, -0.2) is 23.2 Å². The molecule has 0 atom stereocenters. The Kier molecular flexibility index (Phi) is 4.05. The molecule has 1 heterocycles. The maximum Gasteiger partial charge on any atom is 0.339 e. The van der Waals surface area contributed by atoms with Gasteiger partial charge in [-0.25, -0.2) is 14.2 Å². The minimum absolute atomic E-state index is 0.0366. The molecule has 2 N–H and O–H groups in total. The maximum atomic E-state index is 13.6. The molecule has 2 rings (SSSR count). The highest BCUT2D eigenvalue weighted by Gasteiger charge is 2.13. The summed E-state index contributed by atoms with van der Waals surface area (Å²) in [6.45, 7) is 0. The van der Waals surface area contributed by atoms with E-state index in [9.17, 15) is 9.18 Å². The van der Waals surface area contributed by atoms with Crippen molar-refractivity contribution < 1.29 is 19.0 Å². The van der Waals surface area contributed by atoms with Gasteiger partial charge in [0, 0.05) is 11.8 Å². The summed E-state index contributed by atoms with van der Waals surface area (Å²) in [7, 11) is 1.35. The molecule has 0 saturated heterocycles. The van der Waals surface area contributed by atoms with Crippen LogP contribution in [0.4, 0.5) is 15.9 Å². The lowest BCUT2D eigenvalue weighted by atomic mass is 10.2. The van der Waals surface area contributed by atoms with Crippen LogP contribution >= 0.6 is 11.6 Å². The molecule has 0 saturated carbocycles. The number of carboxylic acids is 1. The first-order valence-electron chi connectivity index (χ1n) is 5.51. The zero-order chi connectivity index (χ0) is 14.7. The molecule has 104 valence electrons. The predicted octanol–water partition coefficient (Wildman–Crippen LogP) is 3.32. The third kappa shape index (κ3) is 2.97. The molecule has 0 amide bonds. The normalized spacial score (nSPS) is 10.2. The number of ether oxygens (including phenoxy) is 1. The van der Waals surface area contributed by atoms with Crippen molar-refractivity contribution in [3.8, 4) is 5.75 Å². The van der Waals surface area contributed by atoms with E-state index in [1.54, 1.807) is 0 Å². The Labute approximate surface area is 119 Å². The highest BCUT2D eigenvalue weighted by Crippen LogP contribution is 2.25. The molecule has 0 bridgehead atoms. The third-order valence-corrected chi connectivity index (χ3v) is 2.72. The highest BCUT2D eigenvalue weighted by atomic mass is 35.5. The Hall–Kier alpha value is -2.34. The Balaban J connectivity index is 2.36. The summed E-state index contributed by atoms with van der Waals surface area (Å²) in [4.78, 5) is 15.0. The third-order valence-electron chi connectivity index (χ3n) is 2.51. The maximum absolute atomic E-state index is 13.6. The minimum Gasteiger partial charge on any atom is -0.494 e. The Morgan fingerprint density at radius 2 is 2.15 bits per heavy atom. The van der Waals surface area contributed by atoms with E-state index in [0.717, 1.165) is 0 Å². The van der Waals surface area contributed by atoms with E-state index in [1.165, 1.54) is 37.4 Å². The number of hydrogen-bond acceptors (Lipinski definition) is 4. The molecule has 0 unspecified atom stereocenters. The van der Waals surface area contributed by atoms with Gasteiger partial charge in [0.05, 0.1) is 7.11 Å². The number of pyridine rings is 1. The molecular weight excluding hydrogens is 287 g/mol. The van der Waals surface area contributed by atoms with Gasteiger partial charge < -0.3 is 15.2 Å². The van der Waals surface area contributed by atoms with Crippen LogP contribution in [0, 0.1) is 5.82 Å². The van der Waals surface area contributed by atoms with Gasteiger partial charge in [0.1, 0.15) is 16.5 Å². The number of nitrogens with zero attached hydrogens (tertiary/aromatic N) is 1. The Morgan fingerprint density at radius 3 is 2.75 bits per heavy atom. The molecule has 0 aliphatic rings. The summed E-state index contributed by atoms with van der Waals surface area (Å²) >= 11 is 5.73. The van der Waals surface area contributed by atoms with E-state index in [1.807, 2.05) is 0 Å². The van der Waals surface area contributed by atoms with Crippen molar-refractivity contribution in [2.24, 2.45) is 0 Å². The van der Waals surface area contributed by atoms with E-state index in [2.05, 4.69) is 10.3 Å². The van der Waals surface area contributed by atoms with Crippen molar-refractivity contribution in [2.75, 3.05) is 12.4 Å². The Morgan fingerprint density at radius 1 is 1.40 bits per heavy atom. The van der Waals surface area contributed by atoms with Gasteiger partial charge in [0.2, 0.25) is 0 Å². The van der Waals surface area contributed by atoms with Crippen LogP contribution in [0.3, 0.4) is 0 Å². The van der Waals surface area contributed by atoms with E-state index < -0.39 is 11.8 Å². The van der Waals surface area contributed by atoms with Gasteiger partial charge in [-0.1, -0.05) is 11.6 Å². The number of rotatable bonds is 4. The summed E-state index contributed by atoms with van der Waals surface area (Å²) in [5, 5.41) is 11.9. The van der Waals surface area contributed by atoms with Crippen LogP contribution in [0.25, 0.3) is 0 Å². The number of anilines is 2. The van der Waals surface area contributed by atoms with Gasteiger partial charge in [-0.15, -0.1) is 0 Å². The van der Waals surface area contributed by atoms with Gasteiger partial charge in [-0.2, -0.15) is 0 Å². The number of hydrogen-bond donors (Lipinski definition) is 2. The summed E-state index contributed by atoms with van der Waals surface area (Å²) in [6, 6.07) is 6.82. The number of halogens is 2. The van der Waals surface area contributed by atoms with Crippen LogP contribution < -0.4 is 10.1 Å². The Bertz CT molecular complexity index is 664. The van der Waals surface area contributed by atoms with Crippen molar-refractivity contribution >= 4 is 29.1 Å². The van der Waals surface area contributed by atoms with Crippen LogP contribution in [0.5, 0.6) is 5.75 Å². The zero-order valence-electron chi connectivity index (χ0n) is 10.4. The molecule has 0 aliphatic heterocycles. The van der Waals surface area contributed by atoms with Gasteiger partial charge in [0.15, 0.2) is 11.6 Å². The smallest absolute Gasteiger partial charge is 0.339 e. The summed E-state index contributed by atoms with van der Waals surface area (Å²) in [6.07, 6.45) is 0.